The van der Waals surface area contributed by atoms with Gasteiger partial charge in [0.15, 0.2) is 0 Å². The average molecular weight is 248 g/mol. The van der Waals surface area contributed by atoms with E-state index in [1.54, 1.807) is 0 Å². The lowest BCUT2D eigenvalue weighted by Crippen LogP contribution is -2.47. The zero-order valence-corrected chi connectivity index (χ0v) is 9.29. The van der Waals surface area contributed by atoms with Crippen LogP contribution in [0.3, 0.4) is 0 Å². The Morgan fingerprint density at radius 2 is 1.76 bits per heavy atom. The minimum absolute atomic E-state index is 0.258. The van der Waals surface area contributed by atoms with E-state index in [9.17, 15) is 14.4 Å². The molecule has 6 N–H and O–H groups in total. The minimum atomic E-state index is -1.38. The van der Waals surface area contributed by atoms with Crippen molar-refractivity contribution < 1.29 is 29.7 Å². The summed E-state index contributed by atoms with van der Waals surface area (Å²) >= 11 is 0. The van der Waals surface area contributed by atoms with E-state index in [1.165, 1.54) is 6.92 Å². The third kappa shape index (κ3) is 6.48. The highest BCUT2D eigenvalue weighted by atomic mass is 16.4. The maximum absolute atomic E-state index is 11.2. The number of rotatable bonds is 7. The molecule has 0 bridgehead atoms. The molecule has 0 aliphatic rings. The Morgan fingerprint density at radius 3 is 2.12 bits per heavy atom. The molecule has 8 heteroatoms. The molecule has 0 rings (SSSR count). The van der Waals surface area contributed by atoms with Crippen LogP contribution in [0.2, 0.25) is 0 Å². The van der Waals surface area contributed by atoms with E-state index in [2.05, 4.69) is 5.32 Å². The molecule has 98 valence electrons. The first kappa shape index (κ1) is 15.3. The van der Waals surface area contributed by atoms with Crippen LogP contribution in [0.15, 0.2) is 0 Å². The van der Waals surface area contributed by atoms with Crippen molar-refractivity contribution in [3.05, 3.63) is 0 Å². The number of hydrogen-bond acceptors (Lipinski definition) is 5. The van der Waals surface area contributed by atoms with Gasteiger partial charge in [-0.1, -0.05) is 0 Å². The Labute approximate surface area is 97.4 Å². The van der Waals surface area contributed by atoms with Gasteiger partial charge in [0.1, 0.15) is 12.1 Å². The maximum Gasteiger partial charge on any atom is 0.326 e. The molecule has 17 heavy (non-hydrogen) atoms. The number of carboxylic acids is 2. The number of aliphatic hydroxyl groups excluding tert-OH is 1. The van der Waals surface area contributed by atoms with Crippen LogP contribution in [-0.4, -0.2) is 51.4 Å². The Hall–Kier alpha value is -1.67. The molecule has 0 aliphatic carbocycles. The van der Waals surface area contributed by atoms with E-state index in [0.717, 1.165) is 0 Å². The average Bonchev–Trinajstić information content (AvgIpc) is 2.14. The molecule has 0 aromatic rings. The van der Waals surface area contributed by atoms with E-state index in [0.29, 0.717) is 0 Å². The predicted molar refractivity (Wildman–Crippen MR) is 56.1 cm³/mol. The van der Waals surface area contributed by atoms with Crippen molar-refractivity contribution in [1.82, 2.24) is 5.32 Å². The maximum atomic E-state index is 11.2. The molecule has 0 aromatic carbocycles. The van der Waals surface area contributed by atoms with Crippen molar-refractivity contribution in [2.75, 3.05) is 0 Å². The number of nitrogens with one attached hydrogen (secondary N) is 1. The number of amides is 1. The Bertz CT molecular complexity index is 304. The lowest BCUT2D eigenvalue weighted by Gasteiger charge is -2.17. The summed E-state index contributed by atoms with van der Waals surface area (Å²) in [6, 6.07) is -2.75. The highest BCUT2D eigenvalue weighted by Gasteiger charge is 2.26. The number of carbonyl (C=O) groups is 3. The molecule has 3 atom stereocenters. The number of hydrogen-bond donors (Lipinski definition) is 5. The summed E-state index contributed by atoms with van der Waals surface area (Å²) in [6.45, 7) is 1.37. The standard InChI is InChI=1S/C9H16N2O6/c1-4(12)2-7(13)11-6(9(16)17)3-5(10)8(14)15/h4-6,12H,2-3,10H2,1H3,(H,11,13)(H,14,15)(H,16,17)/t4?,5?,6-/m1/s1. The largest absolute Gasteiger partial charge is 0.480 e. The molecular formula is C9H16N2O6. The molecule has 0 spiro atoms. The third-order valence-corrected chi connectivity index (χ3v) is 1.92. The van der Waals surface area contributed by atoms with Crippen LogP contribution < -0.4 is 11.1 Å². The van der Waals surface area contributed by atoms with Gasteiger partial charge in [-0.25, -0.2) is 4.79 Å². The van der Waals surface area contributed by atoms with Gasteiger partial charge in [-0.05, 0) is 6.92 Å². The molecule has 0 aromatic heterocycles. The second-order valence-electron chi connectivity index (χ2n) is 3.69. The van der Waals surface area contributed by atoms with Crippen LogP contribution in [0, 0.1) is 0 Å². The molecule has 1 amide bonds. The zero-order valence-electron chi connectivity index (χ0n) is 9.29. The molecule has 0 saturated heterocycles. The van der Waals surface area contributed by atoms with Gasteiger partial charge in [-0.15, -0.1) is 0 Å². The lowest BCUT2D eigenvalue weighted by atomic mass is 10.1. The summed E-state index contributed by atoms with van der Waals surface area (Å²) in [5.74, 6) is -3.40. The number of aliphatic hydroxyl groups is 1. The lowest BCUT2D eigenvalue weighted by molar-refractivity contribution is -0.144. The van der Waals surface area contributed by atoms with Crippen LogP contribution in [0.25, 0.3) is 0 Å². The Kier molecular flexibility index (Phi) is 6.15. The van der Waals surface area contributed by atoms with Crippen molar-refractivity contribution in [2.24, 2.45) is 5.73 Å². The monoisotopic (exact) mass is 248 g/mol. The molecule has 0 heterocycles. The third-order valence-electron chi connectivity index (χ3n) is 1.92. The number of carboxylic acid groups (broad SMARTS) is 2. The van der Waals surface area contributed by atoms with Gasteiger partial charge in [0, 0.05) is 6.42 Å². The van der Waals surface area contributed by atoms with Crippen molar-refractivity contribution in [2.45, 2.75) is 38.0 Å². The zero-order chi connectivity index (χ0) is 13.6. The first-order valence-corrected chi connectivity index (χ1v) is 4.92. The van der Waals surface area contributed by atoms with Crippen LogP contribution in [-0.2, 0) is 14.4 Å². The van der Waals surface area contributed by atoms with Crippen LogP contribution in [0.1, 0.15) is 19.8 Å². The van der Waals surface area contributed by atoms with Gasteiger partial charge in [-0.3, -0.25) is 9.59 Å². The molecule has 0 fully saturated rings. The molecular weight excluding hydrogens is 232 g/mol. The van der Waals surface area contributed by atoms with E-state index >= 15 is 0 Å². The van der Waals surface area contributed by atoms with E-state index in [4.69, 9.17) is 21.1 Å². The van der Waals surface area contributed by atoms with Crippen LogP contribution >= 0.6 is 0 Å². The Balaban J connectivity index is 4.39. The van der Waals surface area contributed by atoms with Crippen molar-refractivity contribution in [3.63, 3.8) is 0 Å². The molecule has 0 aliphatic heterocycles. The second-order valence-corrected chi connectivity index (χ2v) is 3.69. The quantitative estimate of drug-likeness (QED) is 0.354. The highest BCUT2D eigenvalue weighted by Crippen LogP contribution is 1.99. The van der Waals surface area contributed by atoms with Crippen molar-refractivity contribution >= 4 is 17.8 Å². The normalized spacial score (nSPS) is 15.7. The van der Waals surface area contributed by atoms with E-state index in [-0.39, 0.29) is 6.42 Å². The molecule has 8 nitrogen and oxygen atoms in total. The van der Waals surface area contributed by atoms with Gasteiger partial charge in [0.2, 0.25) is 5.91 Å². The second kappa shape index (κ2) is 6.81. The predicted octanol–water partition coefficient (Wildman–Crippen LogP) is -1.87. The summed E-state index contributed by atoms with van der Waals surface area (Å²) in [7, 11) is 0. The molecule has 0 radical (unpaired) electrons. The number of nitrogens with two attached hydrogens (primary N) is 1. The summed E-state index contributed by atoms with van der Waals surface area (Å²) in [5.41, 5.74) is 5.17. The number of aliphatic carboxylic acids is 2. The minimum Gasteiger partial charge on any atom is -0.480 e. The SMILES string of the molecule is CC(O)CC(=O)N[C@H](CC(N)C(=O)O)C(=O)O. The fourth-order valence-corrected chi connectivity index (χ4v) is 1.10. The fourth-order valence-electron chi connectivity index (χ4n) is 1.10. The smallest absolute Gasteiger partial charge is 0.326 e. The Morgan fingerprint density at radius 1 is 1.24 bits per heavy atom. The highest BCUT2D eigenvalue weighted by molar-refractivity contribution is 5.84. The van der Waals surface area contributed by atoms with Crippen LogP contribution in [0.5, 0.6) is 0 Å². The van der Waals surface area contributed by atoms with Crippen molar-refractivity contribution in [1.29, 1.82) is 0 Å². The van der Waals surface area contributed by atoms with Gasteiger partial charge in [-0.2, -0.15) is 0 Å². The summed E-state index contributed by atoms with van der Waals surface area (Å²) in [4.78, 5) is 32.4. The summed E-state index contributed by atoms with van der Waals surface area (Å²) in [5, 5.41) is 28.3. The molecule has 0 saturated carbocycles. The first-order valence-electron chi connectivity index (χ1n) is 4.92. The molecule has 2 unspecified atom stereocenters. The van der Waals surface area contributed by atoms with Gasteiger partial charge >= 0.3 is 11.9 Å². The van der Waals surface area contributed by atoms with E-state index < -0.39 is 42.5 Å². The summed E-state index contributed by atoms with van der Waals surface area (Å²) in [6.07, 6.45) is -1.58. The van der Waals surface area contributed by atoms with Gasteiger partial charge in [0.25, 0.3) is 0 Å². The summed E-state index contributed by atoms with van der Waals surface area (Å²) < 4.78 is 0. The number of carbonyl (C=O) groups excluding carboxylic acids is 1. The van der Waals surface area contributed by atoms with Crippen LogP contribution in [0.4, 0.5) is 0 Å². The van der Waals surface area contributed by atoms with Crippen molar-refractivity contribution in [3.8, 4) is 0 Å². The topological polar surface area (TPSA) is 150 Å². The van der Waals surface area contributed by atoms with E-state index in [1.807, 2.05) is 0 Å². The first-order chi connectivity index (χ1) is 7.73. The van der Waals surface area contributed by atoms with Gasteiger partial charge < -0.3 is 26.4 Å². The fraction of sp³-hybridized carbons (Fsp3) is 0.667. The van der Waals surface area contributed by atoms with Gasteiger partial charge in [0.05, 0.1) is 12.5 Å².